The van der Waals surface area contributed by atoms with E-state index in [0.29, 0.717) is 18.2 Å². The van der Waals surface area contributed by atoms with Gasteiger partial charge in [-0.2, -0.15) is 0 Å². The molecule has 1 aromatic rings. The Morgan fingerprint density at radius 1 is 1.36 bits per heavy atom. The van der Waals surface area contributed by atoms with Crippen LogP contribution in [0.25, 0.3) is 0 Å². The van der Waals surface area contributed by atoms with Crippen LogP contribution in [0.5, 0.6) is 0 Å². The highest BCUT2D eigenvalue weighted by Crippen LogP contribution is 2.09. The van der Waals surface area contributed by atoms with Crippen LogP contribution in [0.3, 0.4) is 0 Å². The number of hydrogen-bond acceptors (Lipinski definition) is 1. The summed E-state index contributed by atoms with van der Waals surface area (Å²) in [5.41, 5.74) is 0.506. The van der Waals surface area contributed by atoms with Crippen molar-refractivity contribution in [2.45, 2.75) is 32.9 Å². The molecule has 0 amide bonds. The zero-order valence-electron chi connectivity index (χ0n) is 8.48. The van der Waals surface area contributed by atoms with Gasteiger partial charge in [-0.15, -0.1) is 0 Å². The van der Waals surface area contributed by atoms with Crippen LogP contribution in [-0.2, 0) is 6.54 Å². The Hall–Kier alpha value is -0.960. The average Bonchev–Trinajstić information content (AvgIpc) is 2.16. The highest BCUT2D eigenvalue weighted by atomic mass is 19.1. The van der Waals surface area contributed by atoms with Gasteiger partial charge in [-0.1, -0.05) is 13.0 Å². The molecule has 0 radical (unpaired) electrons. The van der Waals surface area contributed by atoms with E-state index >= 15 is 0 Å². The molecule has 1 rings (SSSR count). The second kappa shape index (κ2) is 5.05. The third kappa shape index (κ3) is 3.07. The van der Waals surface area contributed by atoms with Crippen molar-refractivity contribution in [3.8, 4) is 0 Å². The Kier molecular flexibility index (Phi) is 4.01. The molecule has 0 aliphatic carbocycles. The van der Waals surface area contributed by atoms with Crippen molar-refractivity contribution in [1.29, 1.82) is 0 Å². The lowest BCUT2D eigenvalue weighted by Crippen LogP contribution is -2.24. The van der Waals surface area contributed by atoms with Gasteiger partial charge >= 0.3 is 0 Å². The lowest BCUT2D eigenvalue weighted by atomic mass is 10.2. The molecule has 0 unspecified atom stereocenters. The molecule has 0 saturated heterocycles. The van der Waals surface area contributed by atoms with Crippen LogP contribution >= 0.6 is 0 Å². The third-order valence-electron chi connectivity index (χ3n) is 2.27. The van der Waals surface area contributed by atoms with Crippen LogP contribution < -0.4 is 5.32 Å². The summed E-state index contributed by atoms with van der Waals surface area (Å²) < 4.78 is 25.7. The Balaban J connectivity index is 2.59. The first-order valence-corrected chi connectivity index (χ1v) is 4.80. The maximum absolute atomic E-state index is 13.1. The standard InChI is InChI=1S/C11H15F2N/c1-3-8(2)14-7-9-4-5-10(12)6-11(9)13/h4-6,8,14H,3,7H2,1-2H3/t8-/m1/s1. The number of benzene rings is 1. The van der Waals surface area contributed by atoms with E-state index in [-0.39, 0.29) is 0 Å². The van der Waals surface area contributed by atoms with Gasteiger partial charge in [-0.25, -0.2) is 8.78 Å². The van der Waals surface area contributed by atoms with Gasteiger partial charge in [0, 0.05) is 24.2 Å². The van der Waals surface area contributed by atoms with Gasteiger partial charge in [0.1, 0.15) is 11.6 Å². The maximum Gasteiger partial charge on any atom is 0.130 e. The molecule has 0 aliphatic rings. The summed E-state index contributed by atoms with van der Waals surface area (Å²) in [6.45, 7) is 4.53. The number of hydrogen-bond donors (Lipinski definition) is 1. The molecule has 0 aliphatic heterocycles. The number of nitrogens with one attached hydrogen (secondary N) is 1. The summed E-state index contributed by atoms with van der Waals surface area (Å²) in [5.74, 6) is -1.02. The van der Waals surface area contributed by atoms with Gasteiger partial charge in [-0.05, 0) is 19.4 Å². The van der Waals surface area contributed by atoms with E-state index in [9.17, 15) is 8.78 Å². The number of halogens is 2. The Bertz CT molecular complexity index is 299. The van der Waals surface area contributed by atoms with Gasteiger partial charge in [0.25, 0.3) is 0 Å². The van der Waals surface area contributed by atoms with E-state index in [2.05, 4.69) is 12.2 Å². The monoisotopic (exact) mass is 199 g/mol. The van der Waals surface area contributed by atoms with E-state index in [1.807, 2.05) is 6.92 Å². The van der Waals surface area contributed by atoms with Crippen molar-refractivity contribution in [2.24, 2.45) is 0 Å². The van der Waals surface area contributed by atoms with Crippen LogP contribution in [0.1, 0.15) is 25.8 Å². The normalized spacial score (nSPS) is 12.9. The molecule has 1 atom stereocenters. The summed E-state index contributed by atoms with van der Waals surface area (Å²) in [4.78, 5) is 0. The van der Waals surface area contributed by atoms with Crippen molar-refractivity contribution < 1.29 is 8.78 Å². The Labute approximate surface area is 83.1 Å². The molecule has 1 nitrogen and oxygen atoms in total. The van der Waals surface area contributed by atoms with Crippen LogP contribution in [0.15, 0.2) is 18.2 Å². The number of rotatable bonds is 4. The molecule has 0 saturated carbocycles. The van der Waals surface area contributed by atoms with E-state index in [4.69, 9.17) is 0 Å². The molecule has 1 aromatic carbocycles. The van der Waals surface area contributed by atoms with E-state index in [0.717, 1.165) is 12.5 Å². The van der Waals surface area contributed by atoms with E-state index in [1.54, 1.807) is 0 Å². The molecule has 0 fully saturated rings. The molecule has 0 bridgehead atoms. The minimum Gasteiger partial charge on any atom is -0.310 e. The van der Waals surface area contributed by atoms with Crippen LogP contribution in [0.2, 0.25) is 0 Å². The van der Waals surface area contributed by atoms with Crippen molar-refractivity contribution >= 4 is 0 Å². The summed E-state index contributed by atoms with van der Waals surface area (Å²) >= 11 is 0. The van der Waals surface area contributed by atoms with Crippen LogP contribution in [-0.4, -0.2) is 6.04 Å². The smallest absolute Gasteiger partial charge is 0.130 e. The lowest BCUT2D eigenvalue weighted by molar-refractivity contribution is 0.512. The summed E-state index contributed by atoms with van der Waals surface area (Å²) in [6, 6.07) is 4.00. The van der Waals surface area contributed by atoms with E-state index in [1.165, 1.54) is 12.1 Å². The quantitative estimate of drug-likeness (QED) is 0.786. The van der Waals surface area contributed by atoms with Crippen LogP contribution in [0, 0.1) is 11.6 Å². The Morgan fingerprint density at radius 2 is 2.07 bits per heavy atom. The van der Waals surface area contributed by atoms with Crippen LogP contribution in [0.4, 0.5) is 8.78 Å². The molecule has 3 heteroatoms. The first kappa shape index (κ1) is 11.1. The van der Waals surface area contributed by atoms with Gasteiger partial charge in [-0.3, -0.25) is 0 Å². The minimum absolute atomic E-state index is 0.347. The average molecular weight is 199 g/mol. The minimum atomic E-state index is -0.533. The topological polar surface area (TPSA) is 12.0 Å². The third-order valence-corrected chi connectivity index (χ3v) is 2.27. The molecule has 78 valence electrons. The molecule has 0 aromatic heterocycles. The predicted molar refractivity (Wildman–Crippen MR) is 53.0 cm³/mol. The fraction of sp³-hybridized carbons (Fsp3) is 0.455. The fourth-order valence-electron chi connectivity index (χ4n) is 1.09. The van der Waals surface area contributed by atoms with Gasteiger partial charge in [0.05, 0.1) is 0 Å². The largest absolute Gasteiger partial charge is 0.310 e. The first-order valence-electron chi connectivity index (χ1n) is 4.80. The van der Waals surface area contributed by atoms with Gasteiger partial charge < -0.3 is 5.32 Å². The highest BCUT2D eigenvalue weighted by molar-refractivity contribution is 5.18. The maximum atomic E-state index is 13.1. The van der Waals surface area contributed by atoms with Crippen molar-refractivity contribution in [2.75, 3.05) is 0 Å². The summed E-state index contributed by atoms with van der Waals surface area (Å²) in [7, 11) is 0. The van der Waals surface area contributed by atoms with Crippen molar-refractivity contribution in [3.05, 3.63) is 35.4 Å². The highest BCUT2D eigenvalue weighted by Gasteiger charge is 2.04. The molecule has 0 heterocycles. The zero-order chi connectivity index (χ0) is 10.6. The predicted octanol–water partition coefficient (Wildman–Crippen LogP) is 2.85. The summed E-state index contributed by atoms with van der Waals surface area (Å²) in [5, 5.41) is 3.15. The molecular formula is C11H15F2N. The van der Waals surface area contributed by atoms with Crippen molar-refractivity contribution in [3.63, 3.8) is 0 Å². The lowest BCUT2D eigenvalue weighted by Gasteiger charge is -2.11. The fourth-order valence-corrected chi connectivity index (χ4v) is 1.09. The SMILES string of the molecule is CC[C@@H](C)NCc1ccc(F)cc1F. The second-order valence-corrected chi connectivity index (χ2v) is 3.43. The Morgan fingerprint density at radius 3 is 2.64 bits per heavy atom. The van der Waals surface area contributed by atoms with Crippen molar-refractivity contribution in [1.82, 2.24) is 5.32 Å². The second-order valence-electron chi connectivity index (χ2n) is 3.43. The molecule has 14 heavy (non-hydrogen) atoms. The van der Waals surface area contributed by atoms with E-state index < -0.39 is 11.6 Å². The first-order chi connectivity index (χ1) is 6.63. The van der Waals surface area contributed by atoms with Gasteiger partial charge in [0.15, 0.2) is 0 Å². The summed E-state index contributed by atoms with van der Waals surface area (Å²) in [6.07, 6.45) is 0.989. The van der Waals surface area contributed by atoms with Gasteiger partial charge in [0.2, 0.25) is 0 Å². The molecule has 0 spiro atoms. The molecular weight excluding hydrogens is 184 g/mol. The zero-order valence-corrected chi connectivity index (χ0v) is 8.48. The molecule has 1 N–H and O–H groups in total.